The summed E-state index contributed by atoms with van der Waals surface area (Å²) in [6, 6.07) is 9.39. The van der Waals surface area contributed by atoms with Crippen molar-refractivity contribution in [2.75, 3.05) is 13.1 Å². The van der Waals surface area contributed by atoms with Crippen molar-refractivity contribution in [2.24, 2.45) is 9.98 Å². The molecule has 0 aliphatic carbocycles. The van der Waals surface area contributed by atoms with Gasteiger partial charge in [-0.1, -0.05) is 11.8 Å². The third-order valence-corrected chi connectivity index (χ3v) is 12.5. The highest BCUT2D eigenvalue weighted by atomic mass is 32.2. The van der Waals surface area contributed by atoms with Crippen LogP contribution in [0.1, 0.15) is 33.3 Å². The number of hydrogen-bond acceptors (Lipinski definition) is 13. The number of carbonyl (C=O) groups is 2. The SMILES string of the molecule is [C-]#[N+]/C(C#N)=C1\SC(=Nc2cc3c(s2)-c2sc4cc(N=C5SC(=C(C#N)C#N)N(CC)C5=O)sc4c2OC3(C)C)C(=O)N1CC. The second-order valence-corrected chi connectivity index (χ2v) is 15.0. The number of allylic oxidation sites excluding steroid dienone is 2. The van der Waals surface area contributed by atoms with E-state index in [0.29, 0.717) is 38.9 Å². The van der Waals surface area contributed by atoms with E-state index in [0.717, 1.165) is 48.2 Å². The van der Waals surface area contributed by atoms with Gasteiger partial charge in [-0.2, -0.15) is 10.5 Å². The van der Waals surface area contributed by atoms with Crippen LogP contribution in [0.4, 0.5) is 10.0 Å². The smallest absolute Gasteiger partial charge is 0.291 e. The molecule has 11 nitrogen and oxygen atoms in total. The maximum atomic E-state index is 13.1. The lowest BCUT2D eigenvalue weighted by Crippen LogP contribution is -2.27. The minimum absolute atomic E-state index is 0.126. The first-order valence-corrected chi connectivity index (χ1v) is 17.3. The Morgan fingerprint density at radius 2 is 1.51 bits per heavy atom. The van der Waals surface area contributed by atoms with Gasteiger partial charge < -0.3 is 9.64 Å². The molecule has 3 aromatic heterocycles. The quantitative estimate of drug-likeness (QED) is 0.203. The summed E-state index contributed by atoms with van der Waals surface area (Å²) in [7, 11) is 0. The average Bonchev–Trinajstić information content (AvgIpc) is 3.81. The Hall–Kier alpha value is -4.42. The van der Waals surface area contributed by atoms with E-state index in [9.17, 15) is 25.4 Å². The first-order chi connectivity index (χ1) is 21.6. The fourth-order valence-electron chi connectivity index (χ4n) is 4.83. The molecule has 0 N–H and O–H groups in total. The number of hydrogen-bond donors (Lipinski definition) is 0. The molecule has 0 unspecified atom stereocenters. The summed E-state index contributed by atoms with van der Waals surface area (Å²) < 4.78 is 8.37. The summed E-state index contributed by atoms with van der Waals surface area (Å²) in [5.74, 6) is 0.0182. The number of amides is 2. The largest absolute Gasteiger partial charge is 0.480 e. The van der Waals surface area contributed by atoms with Crippen molar-refractivity contribution in [3.63, 3.8) is 0 Å². The van der Waals surface area contributed by atoms with Crippen molar-refractivity contribution < 1.29 is 14.3 Å². The van der Waals surface area contributed by atoms with Crippen molar-refractivity contribution in [3.05, 3.63) is 50.4 Å². The Morgan fingerprint density at radius 1 is 0.911 bits per heavy atom. The Morgan fingerprint density at radius 3 is 2.09 bits per heavy atom. The first-order valence-electron chi connectivity index (χ1n) is 13.2. The lowest BCUT2D eigenvalue weighted by atomic mass is 9.95. The molecule has 16 heteroatoms. The van der Waals surface area contributed by atoms with Crippen molar-refractivity contribution in [1.29, 1.82) is 15.8 Å². The number of nitrogens with zero attached hydrogens (tertiary/aromatic N) is 8. The van der Waals surface area contributed by atoms with Gasteiger partial charge in [-0.15, -0.1) is 34.0 Å². The van der Waals surface area contributed by atoms with Crippen molar-refractivity contribution in [1.82, 2.24) is 9.80 Å². The van der Waals surface area contributed by atoms with Gasteiger partial charge in [0, 0.05) is 18.7 Å². The number of fused-ring (bicyclic) bond motifs is 5. The molecule has 0 saturated carbocycles. The molecule has 45 heavy (non-hydrogen) atoms. The van der Waals surface area contributed by atoms with Gasteiger partial charge in [-0.3, -0.25) is 14.5 Å². The summed E-state index contributed by atoms with van der Waals surface area (Å²) in [5.41, 5.74) is -0.0444. The van der Waals surface area contributed by atoms with Crippen molar-refractivity contribution in [3.8, 4) is 33.7 Å². The number of nitriles is 3. The van der Waals surface area contributed by atoms with Crippen LogP contribution in [-0.2, 0) is 15.2 Å². The van der Waals surface area contributed by atoms with Crippen LogP contribution >= 0.6 is 57.5 Å². The van der Waals surface area contributed by atoms with Gasteiger partial charge in [0.25, 0.3) is 17.5 Å². The Bertz CT molecular complexity index is 2120. The minimum atomic E-state index is -0.712. The molecule has 3 aliphatic heterocycles. The maximum absolute atomic E-state index is 13.1. The van der Waals surface area contributed by atoms with Crippen LogP contribution in [0, 0.1) is 40.6 Å². The van der Waals surface area contributed by atoms with E-state index in [2.05, 4.69) is 14.8 Å². The number of rotatable bonds is 4. The molecule has 222 valence electrons. The minimum Gasteiger partial charge on any atom is -0.480 e. The lowest BCUT2D eigenvalue weighted by Gasteiger charge is -2.31. The molecule has 3 aliphatic rings. The predicted octanol–water partition coefficient (Wildman–Crippen LogP) is 7.44. The molecule has 2 fully saturated rings. The molecule has 0 spiro atoms. The van der Waals surface area contributed by atoms with E-state index < -0.39 is 5.60 Å². The predicted molar refractivity (Wildman–Crippen MR) is 178 cm³/mol. The summed E-state index contributed by atoms with van der Waals surface area (Å²) in [6.45, 7) is 15.4. The molecule has 6 heterocycles. The molecule has 2 amide bonds. The van der Waals surface area contributed by atoms with Crippen molar-refractivity contribution >= 4 is 98.8 Å². The highest BCUT2D eigenvalue weighted by Crippen LogP contribution is 2.59. The Kier molecular flexibility index (Phi) is 7.82. The third-order valence-electron chi connectivity index (χ3n) is 6.89. The van der Waals surface area contributed by atoms with Gasteiger partial charge in [-0.05, 0) is 51.6 Å². The first kappa shape index (κ1) is 30.6. The second kappa shape index (κ2) is 11.5. The molecule has 6 rings (SSSR count). The summed E-state index contributed by atoms with van der Waals surface area (Å²) >= 11 is 6.43. The molecule has 0 radical (unpaired) electrons. The number of aliphatic imine (C=N–C) groups is 2. The molecule has 0 bridgehead atoms. The van der Waals surface area contributed by atoms with Crippen molar-refractivity contribution in [2.45, 2.75) is 33.3 Å². The molecule has 0 atom stereocenters. The highest BCUT2D eigenvalue weighted by Gasteiger charge is 2.40. The van der Waals surface area contributed by atoms with Gasteiger partial charge in [0.15, 0.2) is 21.4 Å². The summed E-state index contributed by atoms with van der Waals surface area (Å²) in [6.07, 6.45) is 0. The number of ether oxygens (including phenoxy) is 1. The number of thioether (sulfide) groups is 2. The molecular formula is C29H18N8O3S5. The topological polar surface area (TPSA) is 150 Å². The van der Waals surface area contributed by atoms with Crippen LogP contribution in [0.3, 0.4) is 0 Å². The number of carbonyl (C=O) groups excluding carboxylic acids is 2. The van der Waals surface area contributed by atoms with Gasteiger partial charge >= 0.3 is 0 Å². The standard InChI is InChI=1S/C29H18N8O3S5/c1-6-36-25(38)23(44-27(36)13(10-30)11-31)35-18-9-16-21(43-18)19-22(41-16)20-14(29(3,4)40-19)8-17(42-20)34-24-26(39)37(7-2)28(45-24)15(12-32)33-5/h8-9H,6-7H2,1-4H3/b28-15-,34-24?,35-23?. The summed E-state index contributed by atoms with van der Waals surface area (Å²) in [5, 5.41) is 30.2. The molecule has 3 aromatic rings. The zero-order valence-electron chi connectivity index (χ0n) is 23.9. The van der Waals surface area contributed by atoms with Gasteiger partial charge in [0.1, 0.15) is 37.8 Å². The molecule has 2 saturated heterocycles. The fourth-order valence-corrected chi connectivity index (χ4v) is 10.7. The van der Waals surface area contributed by atoms with E-state index in [1.165, 1.54) is 43.8 Å². The fraction of sp³-hybridized carbons (Fsp3) is 0.241. The van der Waals surface area contributed by atoms with Crippen LogP contribution in [-0.4, -0.2) is 44.8 Å². The molecular weight excluding hydrogens is 669 g/mol. The van der Waals surface area contributed by atoms with Crippen LogP contribution in [0.2, 0.25) is 0 Å². The van der Waals surface area contributed by atoms with E-state index in [1.54, 1.807) is 13.8 Å². The zero-order valence-corrected chi connectivity index (χ0v) is 28.0. The maximum Gasteiger partial charge on any atom is 0.291 e. The zero-order chi connectivity index (χ0) is 32.2. The van der Waals surface area contributed by atoms with Crippen LogP contribution < -0.4 is 4.74 Å². The molecule has 0 aromatic carbocycles. The lowest BCUT2D eigenvalue weighted by molar-refractivity contribution is -0.121. The third kappa shape index (κ3) is 4.92. The number of thiophene rings is 3. The average molecular weight is 687 g/mol. The van der Waals surface area contributed by atoms with Crippen LogP contribution in [0.25, 0.3) is 24.0 Å². The van der Waals surface area contributed by atoms with E-state index in [1.807, 2.05) is 44.2 Å². The van der Waals surface area contributed by atoms with E-state index in [4.69, 9.17) is 11.3 Å². The Balaban J connectivity index is 1.37. The normalized spacial score (nSPS) is 19.7. The summed E-state index contributed by atoms with van der Waals surface area (Å²) in [4.78, 5) is 43.3. The van der Waals surface area contributed by atoms with E-state index >= 15 is 0 Å². The van der Waals surface area contributed by atoms with E-state index in [-0.39, 0.29) is 33.2 Å². The van der Waals surface area contributed by atoms with Crippen LogP contribution in [0.5, 0.6) is 5.75 Å². The van der Waals surface area contributed by atoms with Crippen LogP contribution in [0.15, 0.2) is 43.4 Å². The Labute approximate surface area is 277 Å². The highest BCUT2D eigenvalue weighted by molar-refractivity contribution is 8.20. The van der Waals surface area contributed by atoms with Gasteiger partial charge in [0.2, 0.25) is 0 Å². The monoisotopic (exact) mass is 686 g/mol. The second-order valence-electron chi connectivity index (χ2n) is 9.90. The van der Waals surface area contributed by atoms with Gasteiger partial charge in [-0.25, -0.2) is 20.1 Å². The van der Waals surface area contributed by atoms with Gasteiger partial charge in [0.05, 0.1) is 31.8 Å².